The van der Waals surface area contributed by atoms with Gasteiger partial charge in [0.15, 0.2) is 11.0 Å². The monoisotopic (exact) mass is 370 g/mol. The van der Waals surface area contributed by atoms with Crippen molar-refractivity contribution in [2.75, 3.05) is 0 Å². The van der Waals surface area contributed by atoms with Crippen molar-refractivity contribution in [3.63, 3.8) is 0 Å². The van der Waals surface area contributed by atoms with E-state index in [0.29, 0.717) is 17.3 Å². The van der Waals surface area contributed by atoms with Crippen LogP contribution < -0.4 is 5.73 Å². The molecule has 0 unspecified atom stereocenters. The van der Waals surface area contributed by atoms with Gasteiger partial charge in [0.2, 0.25) is 5.91 Å². The molecule has 2 aromatic carbocycles. The molecule has 0 fully saturated rings. The lowest BCUT2D eigenvalue weighted by molar-refractivity contribution is -0.117. The molecule has 1 heterocycles. The van der Waals surface area contributed by atoms with Crippen molar-refractivity contribution in [1.29, 1.82) is 0 Å². The van der Waals surface area contributed by atoms with Crippen molar-refractivity contribution in [3.05, 3.63) is 65.5 Å². The van der Waals surface area contributed by atoms with Crippen LogP contribution in [-0.2, 0) is 11.3 Å². The van der Waals surface area contributed by atoms with Crippen LogP contribution in [0.5, 0.6) is 0 Å². The van der Waals surface area contributed by atoms with E-state index in [1.807, 2.05) is 42.7 Å². The summed E-state index contributed by atoms with van der Waals surface area (Å²) in [6.45, 7) is 4.65. The molecule has 0 radical (unpaired) electrons. The number of aryl methyl sites for hydroxylation is 1. The number of benzene rings is 2. The summed E-state index contributed by atoms with van der Waals surface area (Å²) in [5.41, 5.74) is 8.29. The van der Waals surface area contributed by atoms with Gasteiger partial charge in [-0.25, -0.2) is 4.39 Å². The minimum Gasteiger partial charge on any atom is -0.368 e. The number of thioether (sulfide) groups is 1. The number of nitrogens with zero attached hydrogens (tertiary/aromatic N) is 3. The molecule has 0 aliphatic rings. The molecule has 0 bridgehead atoms. The molecule has 0 saturated heterocycles. The molecule has 1 aromatic heterocycles. The van der Waals surface area contributed by atoms with Gasteiger partial charge in [0.1, 0.15) is 11.1 Å². The molecule has 7 heteroatoms. The molecular weight excluding hydrogens is 351 g/mol. The summed E-state index contributed by atoms with van der Waals surface area (Å²) in [6, 6.07) is 13.7. The zero-order chi connectivity index (χ0) is 18.7. The van der Waals surface area contributed by atoms with Gasteiger partial charge in [0.05, 0.1) is 0 Å². The highest BCUT2D eigenvalue weighted by molar-refractivity contribution is 8.00. The predicted molar refractivity (Wildman–Crippen MR) is 100 cm³/mol. The zero-order valence-corrected chi connectivity index (χ0v) is 15.3. The van der Waals surface area contributed by atoms with Crippen LogP contribution in [0, 0.1) is 12.7 Å². The van der Waals surface area contributed by atoms with Crippen LogP contribution in [0.2, 0.25) is 0 Å². The van der Waals surface area contributed by atoms with E-state index in [-0.39, 0.29) is 5.82 Å². The van der Waals surface area contributed by atoms with Crippen molar-refractivity contribution < 1.29 is 9.18 Å². The first-order valence-electron chi connectivity index (χ1n) is 8.22. The van der Waals surface area contributed by atoms with E-state index in [2.05, 4.69) is 10.2 Å². The lowest BCUT2D eigenvalue weighted by Crippen LogP contribution is -2.19. The lowest BCUT2D eigenvalue weighted by Gasteiger charge is -2.14. The third-order valence-corrected chi connectivity index (χ3v) is 5.33. The van der Waals surface area contributed by atoms with Crippen molar-refractivity contribution in [1.82, 2.24) is 14.8 Å². The third-order valence-electron chi connectivity index (χ3n) is 4.07. The molecule has 0 saturated carbocycles. The van der Waals surface area contributed by atoms with Crippen LogP contribution >= 0.6 is 11.8 Å². The van der Waals surface area contributed by atoms with Crippen molar-refractivity contribution >= 4 is 17.7 Å². The average molecular weight is 370 g/mol. The van der Waals surface area contributed by atoms with Gasteiger partial charge >= 0.3 is 0 Å². The number of hydrogen-bond donors (Lipinski definition) is 1. The molecule has 134 valence electrons. The summed E-state index contributed by atoms with van der Waals surface area (Å²) in [6.07, 6.45) is 0. The summed E-state index contributed by atoms with van der Waals surface area (Å²) in [5, 5.41) is 8.51. The second-order valence-electron chi connectivity index (χ2n) is 5.82. The fraction of sp³-hybridized carbons (Fsp3) is 0.211. The van der Waals surface area contributed by atoms with E-state index in [0.717, 1.165) is 17.0 Å². The van der Waals surface area contributed by atoms with E-state index in [1.54, 1.807) is 12.1 Å². The van der Waals surface area contributed by atoms with E-state index in [9.17, 15) is 9.18 Å². The Morgan fingerprint density at radius 3 is 2.50 bits per heavy atom. The Morgan fingerprint density at radius 2 is 1.88 bits per heavy atom. The fourth-order valence-corrected chi connectivity index (χ4v) is 3.77. The Labute approximate surface area is 155 Å². The number of carbonyl (C=O) groups excluding carboxylic acids is 1. The number of amides is 1. The second-order valence-corrected chi connectivity index (χ2v) is 6.89. The Hall–Kier alpha value is -2.67. The second kappa shape index (κ2) is 7.70. The van der Waals surface area contributed by atoms with E-state index in [1.165, 1.54) is 23.9 Å². The Kier molecular flexibility index (Phi) is 5.37. The number of nitrogens with two attached hydrogens (primary N) is 1. The minimum atomic E-state index is -0.671. The molecule has 0 aliphatic heterocycles. The molecule has 0 spiro atoms. The first kappa shape index (κ1) is 18.1. The molecule has 1 amide bonds. The third kappa shape index (κ3) is 3.62. The van der Waals surface area contributed by atoms with Gasteiger partial charge in [-0.15, -0.1) is 10.2 Å². The highest BCUT2D eigenvalue weighted by Crippen LogP contribution is 2.36. The Bertz CT molecular complexity index is 924. The number of rotatable bonds is 6. The molecule has 3 rings (SSSR count). The van der Waals surface area contributed by atoms with Gasteiger partial charge in [-0.3, -0.25) is 4.79 Å². The maximum atomic E-state index is 13.2. The number of aromatic nitrogens is 3. The number of primary amides is 1. The van der Waals surface area contributed by atoms with Gasteiger partial charge in [0, 0.05) is 12.1 Å². The maximum Gasteiger partial charge on any atom is 0.235 e. The topological polar surface area (TPSA) is 73.8 Å². The number of carbonyl (C=O) groups is 1. The van der Waals surface area contributed by atoms with E-state index >= 15 is 0 Å². The van der Waals surface area contributed by atoms with Crippen LogP contribution in [0.25, 0.3) is 11.4 Å². The molecule has 0 aliphatic carbocycles. The molecule has 5 nitrogen and oxygen atoms in total. The lowest BCUT2D eigenvalue weighted by atomic mass is 10.1. The summed E-state index contributed by atoms with van der Waals surface area (Å²) in [5.74, 6) is -0.124. The standard InChI is InChI=1S/C19H19FN4OS/c1-3-24-18(15-7-5-4-6-12(15)2)22-23-19(24)26-16(17(21)25)13-8-10-14(20)11-9-13/h4-11,16H,3H2,1-2H3,(H2,21,25)/t16-/m1/s1. The van der Waals surface area contributed by atoms with Crippen LogP contribution in [0.3, 0.4) is 0 Å². The van der Waals surface area contributed by atoms with Gasteiger partial charge in [-0.2, -0.15) is 0 Å². The average Bonchev–Trinajstić information content (AvgIpc) is 3.03. The van der Waals surface area contributed by atoms with Crippen LogP contribution in [-0.4, -0.2) is 20.7 Å². The number of halogens is 1. The molecular formula is C19H19FN4OS. The molecule has 1 atom stereocenters. The Morgan fingerprint density at radius 1 is 1.19 bits per heavy atom. The number of hydrogen-bond acceptors (Lipinski definition) is 4. The van der Waals surface area contributed by atoms with Gasteiger partial charge in [-0.05, 0) is 37.1 Å². The normalized spacial score (nSPS) is 12.1. The smallest absolute Gasteiger partial charge is 0.235 e. The molecule has 3 aromatic rings. The SMILES string of the molecule is CCn1c(S[C@@H](C(N)=O)c2ccc(F)cc2)nnc1-c1ccccc1C. The highest BCUT2D eigenvalue weighted by atomic mass is 32.2. The van der Waals surface area contributed by atoms with Crippen LogP contribution in [0.15, 0.2) is 53.7 Å². The van der Waals surface area contributed by atoms with E-state index in [4.69, 9.17) is 5.73 Å². The zero-order valence-electron chi connectivity index (χ0n) is 14.5. The molecule has 26 heavy (non-hydrogen) atoms. The van der Waals surface area contributed by atoms with Crippen LogP contribution in [0.4, 0.5) is 4.39 Å². The quantitative estimate of drug-likeness (QED) is 0.671. The molecule has 2 N–H and O–H groups in total. The van der Waals surface area contributed by atoms with Gasteiger partial charge in [-0.1, -0.05) is 48.2 Å². The first-order valence-corrected chi connectivity index (χ1v) is 9.10. The first-order chi connectivity index (χ1) is 12.5. The van der Waals surface area contributed by atoms with Crippen molar-refractivity contribution in [3.8, 4) is 11.4 Å². The largest absolute Gasteiger partial charge is 0.368 e. The highest BCUT2D eigenvalue weighted by Gasteiger charge is 2.24. The fourth-order valence-electron chi connectivity index (χ4n) is 2.72. The summed E-state index contributed by atoms with van der Waals surface area (Å²) in [7, 11) is 0. The Balaban J connectivity index is 1.97. The summed E-state index contributed by atoms with van der Waals surface area (Å²) in [4.78, 5) is 12.0. The summed E-state index contributed by atoms with van der Waals surface area (Å²) < 4.78 is 15.1. The van der Waals surface area contributed by atoms with E-state index < -0.39 is 11.2 Å². The van der Waals surface area contributed by atoms with Crippen molar-refractivity contribution in [2.24, 2.45) is 5.73 Å². The van der Waals surface area contributed by atoms with Crippen molar-refractivity contribution in [2.45, 2.75) is 30.8 Å². The maximum absolute atomic E-state index is 13.2. The van der Waals surface area contributed by atoms with Gasteiger partial charge in [0.25, 0.3) is 0 Å². The van der Waals surface area contributed by atoms with Crippen LogP contribution in [0.1, 0.15) is 23.3 Å². The minimum absolute atomic E-state index is 0.361. The predicted octanol–water partition coefficient (Wildman–Crippen LogP) is 3.73. The van der Waals surface area contributed by atoms with Gasteiger partial charge < -0.3 is 10.3 Å². The summed E-state index contributed by atoms with van der Waals surface area (Å²) >= 11 is 1.22.